The number of carboxylic acids is 1. The molecule has 11 nitrogen and oxygen atoms in total. The van der Waals surface area contributed by atoms with E-state index in [4.69, 9.17) is 5.11 Å². The number of pyridine rings is 1. The van der Waals surface area contributed by atoms with E-state index >= 15 is 0 Å². The zero-order valence-electron chi connectivity index (χ0n) is 19.9. The van der Waals surface area contributed by atoms with E-state index in [1.54, 1.807) is 18.0 Å². The Labute approximate surface area is 210 Å². The Kier molecular flexibility index (Phi) is 6.39. The highest BCUT2D eigenvalue weighted by molar-refractivity contribution is 7.17. The number of aryl methyl sites for hydroxylation is 1. The third kappa shape index (κ3) is 4.53. The molecule has 2 fully saturated rings. The first-order valence-corrected chi connectivity index (χ1v) is 12.7. The number of aliphatic hydroxyl groups excluding tert-OH is 1. The molecule has 0 spiro atoms. The number of likely N-dealkylation sites (tertiary alicyclic amines) is 1. The van der Waals surface area contributed by atoms with Gasteiger partial charge in [0.25, 0.3) is 11.8 Å². The molecule has 190 valence electrons. The largest absolute Gasteiger partial charge is 0.480 e. The van der Waals surface area contributed by atoms with Crippen LogP contribution in [0.5, 0.6) is 0 Å². The molecule has 5 N–H and O–H groups in total. The number of anilines is 1. The molecule has 3 aromatic heterocycles. The molecule has 0 radical (unpaired) electrons. The van der Waals surface area contributed by atoms with Crippen LogP contribution in [0.25, 0.3) is 21.6 Å². The number of aromatic nitrogens is 3. The minimum atomic E-state index is -1.11. The van der Waals surface area contributed by atoms with E-state index in [-0.39, 0.29) is 11.9 Å². The molecular weight excluding hydrogens is 484 g/mol. The molecule has 4 heterocycles. The van der Waals surface area contributed by atoms with E-state index in [0.717, 1.165) is 35.1 Å². The van der Waals surface area contributed by atoms with Crippen LogP contribution in [0.2, 0.25) is 0 Å². The van der Waals surface area contributed by atoms with Gasteiger partial charge in [-0.25, -0.2) is 9.97 Å². The van der Waals surface area contributed by atoms with Crippen LogP contribution in [0, 0.1) is 18.8 Å². The van der Waals surface area contributed by atoms with Gasteiger partial charge in [0.05, 0.1) is 16.9 Å². The number of aliphatic hydroxyl groups is 1. The number of hydrogen-bond donors (Lipinski definition) is 5. The first-order chi connectivity index (χ1) is 17.2. The number of carbonyl (C=O) groups is 3. The lowest BCUT2D eigenvalue weighted by Gasteiger charge is -2.22. The smallest absolute Gasteiger partial charge is 0.322 e. The highest BCUT2D eigenvalue weighted by Gasteiger charge is 2.43. The lowest BCUT2D eigenvalue weighted by molar-refractivity contribution is -0.138. The van der Waals surface area contributed by atoms with Gasteiger partial charge in [0.2, 0.25) is 0 Å². The number of thiazole rings is 1. The summed E-state index contributed by atoms with van der Waals surface area (Å²) < 4.78 is 0. The standard InChI is InChI=1S/C24H28N6O5S/c1-11-20(22(34)27-8-18(32)33)36-23(28-11)17-7-26-21-16(3-4-25-21)19(17)29-15-5-13-9-30(10-14(13)6-15)24(35)12(2)31/h3-4,7,12-15,31H,5-6,8-10H2,1-2H3,(H,27,34)(H,32,33)(H2,25,26,29)/t12-,13-,14+,15?/m0/s1. The molecule has 1 saturated heterocycles. The fraction of sp³-hybridized carbons (Fsp3) is 0.458. The van der Waals surface area contributed by atoms with E-state index in [0.29, 0.717) is 40.5 Å². The van der Waals surface area contributed by atoms with Gasteiger partial charge >= 0.3 is 5.97 Å². The van der Waals surface area contributed by atoms with E-state index in [9.17, 15) is 19.5 Å². The molecule has 1 unspecified atom stereocenters. The van der Waals surface area contributed by atoms with Gasteiger partial charge in [-0.3, -0.25) is 14.4 Å². The van der Waals surface area contributed by atoms with E-state index in [1.807, 2.05) is 12.3 Å². The van der Waals surface area contributed by atoms with Crippen LogP contribution in [0.15, 0.2) is 18.5 Å². The van der Waals surface area contributed by atoms with Crippen molar-refractivity contribution in [1.29, 1.82) is 0 Å². The maximum Gasteiger partial charge on any atom is 0.322 e. The minimum absolute atomic E-state index is 0.197. The Bertz CT molecular complexity index is 1320. The van der Waals surface area contributed by atoms with Crippen molar-refractivity contribution in [2.45, 2.75) is 38.8 Å². The number of hydrogen-bond acceptors (Lipinski definition) is 8. The summed E-state index contributed by atoms with van der Waals surface area (Å²) in [5.74, 6) is -1.03. The Hall–Kier alpha value is -3.51. The molecule has 0 aromatic carbocycles. The number of amides is 2. The molecule has 3 aromatic rings. The first-order valence-electron chi connectivity index (χ1n) is 11.9. The highest BCUT2D eigenvalue weighted by Crippen LogP contribution is 2.42. The fourth-order valence-electron chi connectivity index (χ4n) is 5.35. The summed E-state index contributed by atoms with van der Waals surface area (Å²) in [4.78, 5) is 49.9. The Morgan fingerprint density at radius 1 is 1.28 bits per heavy atom. The quantitative estimate of drug-likeness (QED) is 0.320. The molecule has 1 aliphatic heterocycles. The van der Waals surface area contributed by atoms with Crippen molar-refractivity contribution in [1.82, 2.24) is 25.2 Å². The van der Waals surface area contributed by atoms with Gasteiger partial charge in [-0.15, -0.1) is 11.3 Å². The molecule has 2 amide bonds. The summed E-state index contributed by atoms with van der Waals surface area (Å²) in [6.45, 7) is 4.10. The fourth-order valence-corrected chi connectivity index (χ4v) is 6.35. The van der Waals surface area contributed by atoms with Crippen LogP contribution >= 0.6 is 11.3 Å². The van der Waals surface area contributed by atoms with Crippen molar-refractivity contribution in [3.8, 4) is 10.6 Å². The van der Waals surface area contributed by atoms with Crippen molar-refractivity contribution in [3.05, 3.63) is 29.0 Å². The molecule has 12 heteroatoms. The number of aromatic amines is 1. The Morgan fingerprint density at radius 3 is 2.67 bits per heavy atom. The number of nitrogens with one attached hydrogen (secondary N) is 3. The zero-order chi connectivity index (χ0) is 25.6. The second-order valence-corrected chi connectivity index (χ2v) is 10.5. The van der Waals surface area contributed by atoms with Crippen LogP contribution in [0.4, 0.5) is 5.69 Å². The van der Waals surface area contributed by atoms with Gasteiger partial charge in [0, 0.05) is 36.9 Å². The molecule has 1 aliphatic carbocycles. The van der Waals surface area contributed by atoms with Crippen LogP contribution < -0.4 is 10.6 Å². The maximum absolute atomic E-state index is 12.5. The predicted molar refractivity (Wildman–Crippen MR) is 134 cm³/mol. The van der Waals surface area contributed by atoms with Crippen molar-refractivity contribution >= 4 is 45.8 Å². The summed E-state index contributed by atoms with van der Waals surface area (Å²) in [5, 5.41) is 26.2. The minimum Gasteiger partial charge on any atom is -0.480 e. The lowest BCUT2D eigenvalue weighted by Crippen LogP contribution is -2.37. The van der Waals surface area contributed by atoms with Gasteiger partial charge in [-0.1, -0.05) is 0 Å². The third-order valence-electron chi connectivity index (χ3n) is 6.99. The average Bonchev–Trinajstić information content (AvgIpc) is 3.60. The van der Waals surface area contributed by atoms with Crippen molar-refractivity contribution < 1.29 is 24.6 Å². The summed E-state index contributed by atoms with van der Waals surface area (Å²) in [5.41, 5.74) is 2.92. The predicted octanol–water partition coefficient (Wildman–Crippen LogP) is 1.84. The molecular formula is C24H28N6O5S. The van der Waals surface area contributed by atoms with Crippen molar-refractivity contribution in [3.63, 3.8) is 0 Å². The molecule has 36 heavy (non-hydrogen) atoms. The highest BCUT2D eigenvalue weighted by atomic mass is 32.1. The van der Waals surface area contributed by atoms with Crippen LogP contribution in [-0.2, 0) is 9.59 Å². The molecule has 4 atom stereocenters. The zero-order valence-corrected chi connectivity index (χ0v) is 20.8. The topological polar surface area (TPSA) is 161 Å². The van der Waals surface area contributed by atoms with Gasteiger partial charge in [0.15, 0.2) is 0 Å². The summed E-state index contributed by atoms with van der Waals surface area (Å²) in [6.07, 6.45) is 4.39. The van der Waals surface area contributed by atoms with E-state index in [1.165, 1.54) is 18.3 Å². The van der Waals surface area contributed by atoms with Crippen molar-refractivity contribution in [2.75, 3.05) is 25.0 Å². The van der Waals surface area contributed by atoms with Crippen LogP contribution in [-0.4, -0.2) is 79.6 Å². The monoisotopic (exact) mass is 512 g/mol. The number of H-pyrrole nitrogens is 1. The van der Waals surface area contributed by atoms with Gasteiger partial charge in [0.1, 0.15) is 28.2 Å². The third-order valence-corrected chi connectivity index (χ3v) is 8.18. The number of rotatable bonds is 7. The average molecular weight is 513 g/mol. The SMILES string of the molecule is Cc1nc(-c2cnc3[nH]ccc3c2NC2C[C@@H]3CN(C(=O)[C@H](C)O)C[C@@H]3C2)sc1C(=O)NCC(=O)O. The number of aliphatic carboxylic acids is 1. The van der Waals surface area contributed by atoms with Gasteiger partial charge in [-0.2, -0.15) is 0 Å². The Balaban J connectivity index is 1.38. The van der Waals surface area contributed by atoms with Gasteiger partial charge in [-0.05, 0) is 44.6 Å². The number of nitrogens with zero attached hydrogens (tertiary/aromatic N) is 3. The second-order valence-electron chi connectivity index (χ2n) is 9.55. The van der Waals surface area contributed by atoms with Crippen molar-refractivity contribution in [2.24, 2.45) is 11.8 Å². The summed E-state index contributed by atoms with van der Waals surface area (Å²) in [6, 6.07) is 2.15. The lowest BCUT2D eigenvalue weighted by atomic mass is 10.0. The Morgan fingerprint density at radius 2 is 2.00 bits per heavy atom. The number of fused-ring (bicyclic) bond motifs is 2. The maximum atomic E-state index is 12.5. The summed E-state index contributed by atoms with van der Waals surface area (Å²) >= 11 is 1.20. The molecule has 0 bridgehead atoms. The van der Waals surface area contributed by atoms with Crippen LogP contribution in [0.3, 0.4) is 0 Å². The summed E-state index contributed by atoms with van der Waals surface area (Å²) in [7, 11) is 0. The normalized spacial score (nSPS) is 22.0. The molecule has 1 saturated carbocycles. The van der Waals surface area contributed by atoms with Crippen LogP contribution in [0.1, 0.15) is 35.1 Å². The van der Waals surface area contributed by atoms with E-state index in [2.05, 4.69) is 25.6 Å². The van der Waals surface area contributed by atoms with E-state index < -0.39 is 24.5 Å². The number of carbonyl (C=O) groups excluding carboxylic acids is 2. The second kappa shape index (κ2) is 9.51. The first kappa shape index (κ1) is 24.2. The number of carboxylic acid groups (broad SMARTS) is 1. The molecule has 5 rings (SSSR count). The molecule has 2 aliphatic rings. The van der Waals surface area contributed by atoms with Gasteiger partial charge < -0.3 is 30.7 Å².